The second-order valence-electron chi connectivity index (χ2n) is 4.45. The minimum Gasteiger partial charge on any atom is -0.494 e. The number of benzene rings is 1. The van der Waals surface area contributed by atoms with Gasteiger partial charge in [0.15, 0.2) is 0 Å². The Balaban J connectivity index is 1.88. The maximum Gasteiger partial charge on any atom is 0.337 e. The molecule has 1 aromatic carbocycles. The molecule has 0 fully saturated rings. The van der Waals surface area contributed by atoms with Crippen LogP contribution < -0.4 is 9.47 Å². The Kier molecular flexibility index (Phi) is 5.15. The molecule has 0 unspecified atom stereocenters. The van der Waals surface area contributed by atoms with Crippen molar-refractivity contribution in [3.05, 3.63) is 53.9 Å². The molecule has 5 heteroatoms. The number of hydrogen-bond acceptors (Lipinski definition) is 4. The van der Waals surface area contributed by atoms with Gasteiger partial charge in [0.05, 0.1) is 17.9 Å². The summed E-state index contributed by atoms with van der Waals surface area (Å²) >= 11 is 0. The summed E-state index contributed by atoms with van der Waals surface area (Å²) in [5.74, 6) is 0.536. The number of nitrogens with zero attached hydrogens (tertiary/aromatic N) is 1. The molecule has 5 nitrogen and oxygen atoms in total. The van der Waals surface area contributed by atoms with Gasteiger partial charge in [-0.05, 0) is 42.8 Å². The molecule has 0 aliphatic carbocycles. The molecule has 0 amide bonds. The first-order valence-electron chi connectivity index (χ1n) is 6.73. The second-order valence-corrected chi connectivity index (χ2v) is 4.45. The van der Waals surface area contributed by atoms with Crippen molar-refractivity contribution in [3.63, 3.8) is 0 Å². The van der Waals surface area contributed by atoms with Crippen molar-refractivity contribution in [2.24, 2.45) is 0 Å². The van der Waals surface area contributed by atoms with E-state index in [-0.39, 0.29) is 12.2 Å². The minimum absolute atomic E-state index is 0.163. The lowest BCUT2D eigenvalue weighted by Gasteiger charge is -2.08. The maximum atomic E-state index is 10.7. The lowest BCUT2D eigenvalue weighted by atomic mass is 10.2. The third kappa shape index (κ3) is 4.49. The van der Waals surface area contributed by atoms with Crippen LogP contribution in [0.3, 0.4) is 0 Å². The molecule has 21 heavy (non-hydrogen) atoms. The molecule has 110 valence electrons. The monoisotopic (exact) mass is 287 g/mol. The second kappa shape index (κ2) is 7.28. The zero-order valence-corrected chi connectivity index (χ0v) is 11.8. The fourth-order valence-electron chi connectivity index (χ4n) is 1.65. The van der Waals surface area contributed by atoms with Gasteiger partial charge < -0.3 is 14.6 Å². The predicted molar refractivity (Wildman–Crippen MR) is 77.8 cm³/mol. The molecule has 0 spiro atoms. The summed E-state index contributed by atoms with van der Waals surface area (Å²) in [6.45, 7) is 3.04. The van der Waals surface area contributed by atoms with E-state index in [9.17, 15) is 4.79 Å². The average Bonchev–Trinajstić information content (AvgIpc) is 2.52. The van der Waals surface area contributed by atoms with Gasteiger partial charge in [0.2, 0.25) is 0 Å². The summed E-state index contributed by atoms with van der Waals surface area (Å²) in [6, 6.07) is 10.5. The van der Waals surface area contributed by atoms with Crippen molar-refractivity contribution < 1.29 is 19.4 Å². The number of carboxylic acid groups (broad SMARTS) is 1. The Morgan fingerprint density at radius 2 is 1.76 bits per heavy atom. The van der Waals surface area contributed by atoms with Gasteiger partial charge >= 0.3 is 5.97 Å². The normalized spacial score (nSPS) is 10.1. The molecule has 0 atom stereocenters. The number of hydrogen-bond donors (Lipinski definition) is 1. The zero-order chi connectivity index (χ0) is 15.1. The van der Waals surface area contributed by atoms with Crippen LogP contribution in [-0.2, 0) is 6.61 Å². The van der Waals surface area contributed by atoms with Crippen LogP contribution in [0.25, 0.3) is 0 Å². The first-order chi connectivity index (χ1) is 10.2. The third-order valence-corrected chi connectivity index (χ3v) is 2.75. The lowest BCUT2D eigenvalue weighted by molar-refractivity contribution is 0.0696. The van der Waals surface area contributed by atoms with E-state index in [0.29, 0.717) is 18.1 Å². The molecule has 0 radical (unpaired) electrons. The Hall–Kier alpha value is -2.56. The number of aromatic carboxylic acids is 1. The van der Waals surface area contributed by atoms with Crippen molar-refractivity contribution in [2.45, 2.75) is 20.0 Å². The van der Waals surface area contributed by atoms with E-state index in [2.05, 4.69) is 11.9 Å². The van der Waals surface area contributed by atoms with Gasteiger partial charge in [0.25, 0.3) is 0 Å². The number of aromatic nitrogens is 1. The number of pyridine rings is 1. The van der Waals surface area contributed by atoms with Crippen molar-refractivity contribution in [1.29, 1.82) is 0 Å². The van der Waals surface area contributed by atoms with E-state index in [1.54, 1.807) is 6.07 Å². The van der Waals surface area contributed by atoms with Gasteiger partial charge in [0.1, 0.15) is 18.1 Å². The van der Waals surface area contributed by atoms with E-state index in [1.165, 1.54) is 12.3 Å². The number of ether oxygens (including phenoxy) is 2. The fraction of sp³-hybridized carbons (Fsp3) is 0.250. The van der Waals surface area contributed by atoms with Crippen LogP contribution in [0.2, 0.25) is 0 Å². The van der Waals surface area contributed by atoms with Crippen molar-refractivity contribution >= 4 is 5.97 Å². The van der Waals surface area contributed by atoms with E-state index in [4.69, 9.17) is 14.6 Å². The van der Waals surface area contributed by atoms with Gasteiger partial charge in [-0.2, -0.15) is 0 Å². The molecule has 2 aromatic rings. The van der Waals surface area contributed by atoms with Crippen LogP contribution in [0.1, 0.15) is 29.4 Å². The number of rotatable bonds is 7. The molecular formula is C16H17NO4. The highest BCUT2D eigenvalue weighted by atomic mass is 16.5. The van der Waals surface area contributed by atoms with Crippen LogP contribution >= 0.6 is 0 Å². The first kappa shape index (κ1) is 14.8. The quantitative estimate of drug-likeness (QED) is 0.847. The third-order valence-electron chi connectivity index (χ3n) is 2.75. The zero-order valence-electron chi connectivity index (χ0n) is 11.8. The summed E-state index contributed by atoms with van der Waals surface area (Å²) in [6.07, 6.45) is 2.29. The van der Waals surface area contributed by atoms with Crippen LogP contribution in [0, 0.1) is 0 Å². The summed E-state index contributed by atoms with van der Waals surface area (Å²) in [7, 11) is 0. The predicted octanol–water partition coefficient (Wildman–Crippen LogP) is 3.15. The van der Waals surface area contributed by atoms with Crippen LogP contribution in [-0.4, -0.2) is 22.7 Å². The Morgan fingerprint density at radius 1 is 1.10 bits per heavy atom. The number of carbonyl (C=O) groups is 1. The highest BCUT2D eigenvalue weighted by molar-refractivity contribution is 5.87. The van der Waals surface area contributed by atoms with E-state index in [0.717, 1.165) is 12.2 Å². The van der Waals surface area contributed by atoms with E-state index >= 15 is 0 Å². The smallest absolute Gasteiger partial charge is 0.337 e. The van der Waals surface area contributed by atoms with Crippen molar-refractivity contribution in [2.75, 3.05) is 6.61 Å². The van der Waals surface area contributed by atoms with Crippen LogP contribution in [0.5, 0.6) is 11.5 Å². The summed E-state index contributed by atoms with van der Waals surface area (Å²) in [4.78, 5) is 14.8. The summed E-state index contributed by atoms with van der Waals surface area (Å²) in [5, 5.41) is 8.79. The van der Waals surface area contributed by atoms with Crippen LogP contribution in [0.4, 0.5) is 0 Å². The SMILES string of the molecule is CCCOc1ccc(OCc2ccc(C(=O)O)cn2)cc1. The van der Waals surface area contributed by atoms with Gasteiger partial charge in [-0.1, -0.05) is 6.92 Å². The Labute approximate surface area is 123 Å². The average molecular weight is 287 g/mol. The lowest BCUT2D eigenvalue weighted by Crippen LogP contribution is -2.01. The molecule has 2 rings (SSSR count). The molecule has 1 N–H and O–H groups in total. The molecule has 0 aliphatic rings. The van der Waals surface area contributed by atoms with Crippen LogP contribution in [0.15, 0.2) is 42.6 Å². The molecule has 0 saturated carbocycles. The Morgan fingerprint density at radius 3 is 2.29 bits per heavy atom. The highest BCUT2D eigenvalue weighted by Crippen LogP contribution is 2.18. The van der Waals surface area contributed by atoms with E-state index in [1.807, 2.05) is 24.3 Å². The van der Waals surface area contributed by atoms with Gasteiger partial charge in [-0.15, -0.1) is 0 Å². The molecule has 0 bridgehead atoms. The highest BCUT2D eigenvalue weighted by Gasteiger charge is 2.03. The van der Waals surface area contributed by atoms with Crippen molar-refractivity contribution in [1.82, 2.24) is 4.98 Å². The number of carboxylic acids is 1. The maximum absolute atomic E-state index is 10.7. The topological polar surface area (TPSA) is 68.7 Å². The molecule has 1 heterocycles. The standard InChI is InChI=1S/C16H17NO4/c1-2-9-20-14-5-7-15(8-6-14)21-11-13-4-3-12(10-17-13)16(18)19/h3-8,10H,2,9,11H2,1H3,(H,18,19). The fourth-order valence-corrected chi connectivity index (χ4v) is 1.65. The molecular weight excluding hydrogens is 270 g/mol. The van der Waals surface area contributed by atoms with Gasteiger partial charge in [-0.25, -0.2) is 4.79 Å². The van der Waals surface area contributed by atoms with Crippen molar-refractivity contribution in [3.8, 4) is 11.5 Å². The largest absolute Gasteiger partial charge is 0.494 e. The molecule has 0 saturated heterocycles. The summed E-state index contributed by atoms with van der Waals surface area (Å²) in [5.41, 5.74) is 0.836. The van der Waals surface area contributed by atoms with Gasteiger partial charge in [-0.3, -0.25) is 4.98 Å². The summed E-state index contributed by atoms with van der Waals surface area (Å²) < 4.78 is 11.1. The molecule has 1 aromatic heterocycles. The first-order valence-corrected chi connectivity index (χ1v) is 6.73. The Bertz CT molecular complexity index is 578. The van der Waals surface area contributed by atoms with E-state index < -0.39 is 5.97 Å². The molecule has 0 aliphatic heterocycles. The van der Waals surface area contributed by atoms with Gasteiger partial charge in [0, 0.05) is 6.20 Å². The minimum atomic E-state index is -0.988.